The standard InChI is InChI=1S/C13H13N5O2S/c1-17(5-8-6-21-7-15-8)11-9-4-16-18(2)12(9)14-3-10(11)13(19)20/h3-4,6-7H,5H2,1-2H3,(H,19,20). The zero-order valence-corrected chi connectivity index (χ0v) is 12.3. The van der Waals surface area contributed by atoms with Gasteiger partial charge >= 0.3 is 5.97 Å². The van der Waals surface area contributed by atoms with Crippen LogP contribution in [-0.4, -0.2) is 37.9 Å². The van der Waals surface area contributed by atoms with E-state index >= 15 is 0 Å². The van der Waals surface area contributed by atoms with Crippen molar-refractivity contribution >= 4 is 34.0 Å². The average molecular weight is 303 g/mol. The van der Waals surface area contributed by atoms with Crippen LogP contribution in [0.25, 0.3) is 11.0 Å². The van der Waals surface area contributed by atoms with Gasteiger partial charge in [0, 0.05) is 25.7 Å². The molecule has 0 atom stereocenters. The number of aromatic nitrogens is 4. The third-order valence-electron chi connectivity index (χ3n) is 3.23. The van der Waals surface area contributed by atoms with Gasteiger partial charge in [-0.2, -0.15) is 5.10 Å². The molecular weight excluding hydrogens is 290 g/mol. The predicted octanol–water partition coefficient (Wildman–Crippen LogP) is 1.76. The highest BCUT2D eigenvalue weighted by Gasteiger charge is 2.20. The number of carbonyl (C=O) groups is 1. The van der Waals surface area contributed by atoms with Crippen molar-refractivity contribution in [2.24, 2.45) is 7.05 Å². The molecule has 0 fully saturated rings. The maximum absolute atomic E-state index is 11.5. The van der Waals surface area contributed by atoms with E-state index in [1.54, 1.807) is 23.4 Å². The van der Waals surface area contributed by atoms with E-state index in [-0.39, 0.29) is 5.56 Å². The zero-order valence-electron chi connectivity index (χ0n) is 11.5. The van der Waals surface area contributed by atoms with Crippen molar-refractivity contribution in [1.29, 1.82) is 0 Å². The SMILES string of the molecule is CN(Cc1cscn1)c1c(C(=O)O)cnc2c1cnn2C. The summed E-state index contributed by atoms with van der Waals surface area (Å²) >= 11 is 1.51. The maximum atomic E-state index is 11.5. The second-order valence-corrected chi connectivity index (χ2v) is 5.39. The van der Waals surface area contributed by atoms with Crippen LogP contribution in [0.3, 0.4) is 0 Å². The number of nitrogens with zero attached hydrogens (tertiary/aromatic N) is 5. The van der Waals surface area contributed by atoms with Crippen LogP contribution in [-0.2, 0) is 13.6 Å². The minimum absolute atomic E-state index is 0.160. The summed E-state index contributed by atoms with van der Waals surface area (Å²) in [6.07, 6.45) is 3.01. The lowest BCUT2D eigenvalue weighted by Crippen LogP contribution is -2.20. The average Bonchev–Trinajstić information content (AvgIpc) is 3.08. The summed E-state index contributed by atoms with van der Waals surface area (Å²) in [5.41, 5.74) is 4.07. The lowest BCUT2D eigenvalue weighted by Gasteiger charge is -2.20. The molecule has 0 amide bonds. The largest absolute Gasteiger partial charge is 0.478 e. The van der Waals surface area contributed by atoms with Crippen LogP contribution in [0.2, 0.25) is 0 Å². The topological polar surface area (TPSA) is 84.1 Å². The minimum Gasteiger partial charge on any atom is -0.478 e. The van der Waals surface area contributed by atoms with Crippen molar-refractivity contribution in [3.05, 3.63) is 34.5 Å². The molecule has 0 unspecified atom stereocenters. The van der Waals surface area contributed by atoms with Crippen LogP contribution < -0.4 is 4.90 Å². The summed E-state index contributed by atoms with van der Waals surface area (Å²) in [6.45, 7) is 0.526. The summed E-state index contributed by atoms with van der Waals surface area (Å²) in [7, 11) is 3.62. The van der Waals surface area contributed by atoms with Crippen molar-refractivity contribution in [1.82, 2.24) is 19.7 Å². The second kappa shape index (κ2) is 5.13. The number of pyridine rings is 1. The van der Waals surface area contributed by atoms with E-state index in [2.05, 4.69) is 15.1 Å². The first-order valence-electron chi connectivity index (χ1n) is 6.20. The van der Waals surface area contributed by atoms with E-state index in [1.165, 1.54) is 17.5 Å². The molecule has 1 N–H and O–H groups in total. The number of aryl methyl sites for hydroxylation is 1. The molecule has 0 aromatic carbocycles. The fraction of sp³-hybridized carbons (Fsp3) is 0.231. The molecular formula is C13H13N5O2S. The Morgan fingerprint density at radius 3 is 2.90 bits per heavy atom. The summed E-state index contributed by atoms with van der Waals surface area (Å²) in [4.78, 5) is 21.8. The first kappa shape index (κ1) is 13.5. The number of carboxylic acids is 1. The number of thiazole rings is 1. The molecule has 21 heavy (non-hydrogen) atoms. The Hall–Kier alpha value is -2.48. The van der Waals surface area contributed by atoms with Gasteiger partial charge in [0.15, 0.2) is 5.65 Å². The Kier molecular flexibility index (Phi) is 3.30. The van der Waals surface area contributed by atoms with Gasteiger partial charge in [-0.05, 0) is 0 Å². The van der Waals surface area contributed by atoms with E-state index in [9.17, 15) is 9.90 Å². The van der Waals surface area contributed by atoms with Gasteiger partial charge < -0.3 is 10.0 Å². The Morgan fingerprint density at radius 1 is 1.43 bits per heavy atom. The monoisotopic (exact) mass is 303 g/mol. The quantitative estimate of drug-likeness (QED) is 0.790. The molecule has 0 spiro atoms. The Morgan fingerprint density at radius 2 is 2.24 bits per heavy atom. The minimum atomic E-state index is -1.01. The van der Waals surface area contributed by atoms with Crippen LogP contribution in [0, 0.1) is 0 Å². The van der Waals surface area contributed by atoms with Gasteiger partial charge in [0.25, 0.3) is 0 Å². The van der Waals surface area contributed by atoms with E-state index in [4.69, 9.17) is 0 Å². The van der Waals surface area contributed by atoms with E-state index in [0.717, 1.165) is 11.1 Å². The van der Waals surface area contributed by atoms with E-state index in [0.29, 0.717) is 17.9 Å². The van der Waals surface area contributed by atoms with Gasteiger partial charge in [0.05, 0.1) is 35.0 Å². The highest BCUT2D eigenvalue weighted by atomic mass is 32.1. The molecule has 0 bridgehead atoms. The van der Waals surface area contributed by atoms with Crippen LogP contribution in [0.5, 0.6) is 0 Å². The number of rotatable bonds is 4. The molecule has 8 heteroatoms. The van der Waals surface area contributed by atoms with E-state index in [1.807, 2.05) is 17.3 Å². The van der Waals surface area contributed by atoms with Crippen molar-refractivity contribution in [3.8, 4) is 0 Å². The van der Waals surface area contributed by atoms with Crippen molar-refractivity contribution in [2.75, 3.05) is 11.9 Å². The Balaban J connectivity index is 2.13. The van der Waals surface area contributed by atoms with Gasteiger partial charge in [-0.3, -0.25) is 4.68 Å². The third-order valence-corrected chi connectivity index (χ3v) is 3.86. The Labute approximate surface area is 124 Å². The van der Waals surface area contributed by atoms with Crippen LogP contribution in [0.1, 0.15) is 16.1 Å². The number of hydrogen-bond donors (Lipinski definition) is 1. The van der Waals surface area contributed by atoms with Crippen LogP contribution in [0.4, 0.5) is 5.69 Å². The smallest absolute Gasteiger partial charge is 0.339 e. The summed E-state index contributed by atoms with van der Waals surface area (Å²) in [5.74, 6) is -1.01. The number of aromatic carboxylic acids is 1. The molecule has 3 aromatic rings. The molecule has 0 saturated carbocycles. The van der Waals surface area contributed by atoms with Crippen molar-refractivity contribution < 1.29 is 9.90 Å². The first-order chi connectivity index (χ1) is 10.1. The molecule has 3 heterocycles. The molecule has 0 saturated heterocycles. The number of hydrogen-bond acceptors (Lipinski definition) is 6. The first-order valence-corrected chi connectivity index (χ1v) is 7.14. The highest BCUT2D eigenvalue weighted by Crippen LogP contribution is 2.29. The van der Waals surface area contributed by atoms with Crippen molar-refractivity contribution in [2.45, 2.75) is 6.54 Å². The highest BCUT2D eigenvalue weighted by molar-refractivity contribution is 7.07. The van der Waals surface area contributed by atoms with Gasteiger partial charge in [-0.15, -0.1) is 11.3 Å². The van der Waals surface area contributed by atoms with Gasteiger partial charge in [-0.1, -0.05) is 0 Å². The van der Waals surface area contributed by atoms with Crippen LogP contribution >= 0.6 is 11.3 Å². The molecule has 0 aliphatic heterocycles. The zero-order chi connectivity index (χ0) is 15.0. The molecule has 0 aliphatic rings. The van der Waals surface area contributed by atoms with Gasteiger partial charge in [0.2, 0.25) is 0 Å². The normalized spacial score (nSPS) is 11.0. The molecule has 3 aromatic heterocycles. The molecule has 108 valence electrons. The molecule has 0 aliphatic carbocycles. The summed E-state index contributed by atoms with van der Waals surface area (Å²) in [6, 6.07) is 0. The summed E-state index contributed by atoms with van der Waals surface area (Å²) in [5, 5.41) is 16.2. The van der Waals surface area contributed by atoms with Crippen LogP contribution in [0.15, 0.2) is 23.3 Å². The second-order valence-electron chi connectivity index (χ2n) is 4.67. The maximum Gasteiger partial charge on any atom is 0.339 e. The fourth-order valence-corrected chi connectivity index (χ4v) is 2.84. The van der Waals surface area contributed by atoms with Gasteiger partial charge in [-0.25, -0.2) is 14.8 Å². The summed E-state index contributed by atoms with van der Waals surface area (Å²) < 4.78 is 1.63. The molecule has 3 rings (SSSR count). The third kappa shape index (κ3) is 2.33. The molecule has 0 radical (unpaired) electrons. The molecule has 7 nitrogen and oxygen atoms in total. The Bertz CT molecular complexity index is 796. The van der Waals surface area contributed by atoms with E-state index < -0.39 is 5.97 Å². The lowest BCUT2D eigenvalue weighted by molar-refractivity contribution is 0.0697. The lowest BCUT2D eigenvalue weighted by atomic mass is 10.1. The number of fused-ring (bicyclic) bond motifs is 1. The fourth-order valence-electron chi connectivity index (χ4n) is 2.29. The number of anilines is 1. The number of carboxylic acid groups (broad SMARTS) is 1. The van der Waals surface area contributed by atoms with Crippen molar-refractivity contribution in [3.63, 3.8) is 0 Å². The predicted molar refractivity (Wildman–Crippen MR) is 79.7 cm³/mol. The van der Waals surface area contributed by atoms with Gasteiger partial charge in [0.1, 0.15) is 5.56 Å².